The predicted octanol–water partition coefficient (Wildman–Crippen LogP) is 5.13. The average molecular weight is 226 g/mol. The molecule has 0 rings (SSSR count). The van der Waals surface area contributed by atoms with E-state index in [1.165, 1.54) is 25.7 Å². The Morgan fingerprint density at radius 2 is 1.38 bits per heavy atom. The van der Waals surface area contributed by atoms with Gasteiger partial charge in [-0.05, 0) is 31.1 Å². The van der Waals surface area contributed by atoms with Gasteiger partial charge in [0.2, 0.25) is 0 Å². The molecule has 0 aliphatic heterocycles. The number of hydrogen-bond donors (Lipinski definition) is 0. The lowest BCUT2D eigenvalue weighted by atomic mass is 9.82. The molecule has 0 unspecified atom stereocenters. The van der Waals surface area contributed by atoms with Crippen LogP contribution in [0, 0.1) is 5.41 Å². The van der Waals surface area contributed by atoms with Crippen molar-refractivity contribution in [2.24, 2.45) is 5.41 Å². The fourth-order valence-electron chi connectivity index (χ4n) is 2.04. The summed E-state index contributed by atoms with van der Waals surface area (Å²) in [6, 6.07) is 0. The molecule has 0 heterocycles. The lowest BCUT2D eigenvalue weighted by Crippen LogP contribution is -2.12. The van der Waals surface area contributed by atoms with Crippen LogP contribution in [-0.2, 0) is 4.79 Å². The van der Waals surface area contributed by atoms with Gasteiger partial charge in [-0.15, -0.1) is 0 Å². The van der Waals surface area contributed by atoms with Crippen LogP contribution in [0.15, 0.2) is 0 Å². The fraction of sp³-hybridized carbons (Fsp3) is 0.933. The van der Waals surface area contributed by atoms with Gasteiger partial charge in [-0.3, -0.25) is 4.79 Å². The highest BCUT2D eigenvalue weighted by Gasteiger charge is 2.16. The smallest absolute Gasteiger partial charge is 0.132 e. The first kappa shape index (κ1) is 15.7. The molecule has 0 saturated heterocycles. The van der Waals surface area contributed by atoms with E-state index in [1.54, 1.807) is 0 Å². The topological polar surface area (TPSA) is 17.1 Å². The molecule has 96 valence electrons. The van der Waals surface area contributed by atoms with Crippen molar-refractivity contribution in [1.82, 2.24) is 0 Å². The molecular weight excluding hydrogens is 196 g/mol. The minimum atomic E-state index is 0.432. The number of ketones is 1. The Morgan fingerprint density at radius 1 is 0.875 bits per heavy atom. The van der Waals surface area contributed by atoms with Crippen molar-refractivity contribution >= 4 is 5.78 Å². The van der Waals surface area contributed by atoms with E-state index < -0.39 is 0 Å². The molecule has 0 saturated carbocycles. The summed E-state index contributed by atoms with van der Waals surface area (Å²) in [5.41, 5.74) is 0.432. The molecule has 1 nitrogen and oxygen atoms in total. The van der Waals surface area contributed by atoms with Crippen LogP contribution < -0.4 is 0 Å². The molecule has 0 aromatic heterocycles. The first-order valence-electron chi connectivity index (χ1n) is 7.03. The zero-order valence-corrected chi connectivity index (χ0v) is 11.8. The second-order valence-electron chi connectivity index (χ2n) is 5.76. The Hall–Kier alpha value is -0.330. The van der Waals surface area contributed by atoms with Crippen LogP contribution in [0.4, 0.5) is 0 Å². The third-order valence-electron chi connectivity index (χ3n) is 3.33. The summed E-state index contributed by atoms with van der Waals surface area (Å²) in [5, 5.41) is 0. The highest BCUT2D eigenvalue weighted by Crippen LogP contribution is 2.29. The molecule has 0 atom stereocenters. The van der Waals surface area contributed by atoms with Crippen molar-refractivity contribution in [2.75, 3.05) is 0 Å². The van der Waals surface area contributed by atoms with E-state index in [4.69, 9.17) is 0 Å². The van der Waals surface area contributed by atoms with Crippen LogP contribution in [-0.4, -0.2) is 5.78 Å². The summed E-state index contributed by atoms with van der Waals surface area (Å²) < 4.78 is 0. The number of hydrogen-bond acceptors (Lipinski definition) is 1. The third kappa shape index (κ3) is 8.94. The quantitative estimate of drug-likeness (QED) is 0.504. The summed E-state index contributed by atoms with van der Waals surface area (Å²) in [4.78, 5) is 11.5. The SMILES string of the molecule is CCCCC(=O)CCCC(C)(C)CCCC. The van der Waals surface area contributed by atoms with E-state index >= 15 is 0 Å². The Bertz CT molecular complexity index is 182. The average Bonchev–Trinajstić information content (AvgIpc) is 2.23. The van der Waals surface area contributed by atoms with Gasteiger partial charge in [0, 0.05) is 12.8 Å². The van der Waals surface area contributed by atoms with Crippen LogP contribution in [0.2, 0.25) is 0 Å². The van der Waals surface area contributed by atoms with E-state index in [0.717, 1.165) is 32.1 Å². The number of carbonyl (C=O) groups excluding carboxylic acids is 1. The van der Waals surface area contributed by atoms with Gasteiger partial charge in [-0.2, -0.15) is 0 Å². The zero-order chi connectivity index (χ0) is 12.4. The second kappa shape index (κ2) is 8.78. The highest BCUT2D eigenvalue weighted by atomic mass is 16.1. The van der Waals surface area contributed by atoms with Crippen molar-refractivity contribution in [3.8, 4) is 0 Å². The minimum Gasteiger partial charge on any atom is -0.300 e. The third-order valence-corrected chi connectivity index (χ3v) is 3.33. The normalized spacial score (nSPS) is 11.8. The van der Waals surface area contributed by atoms with Crippen molar-refractivity contribution < 1.29 is 4.79 Å². The van der Waals surface area contributed by atoms with E-state index in [2.05, 4.69) is 27.7 Å². The number of Topliss-reactive ketones (excluding diaryl/α,β-unsaturated/α-hetero) is 1. The van der Waals surface area contributed by atoms with Crippen molar-refractivity contribution in [2.45, 2.75) is 85.5 Å². The predicted molar refractivity (Wildman–Crippen MR) is 71.7 cm³/mol. The number of unbranched alkanes of at least 4 members (excludes halogenated alkanes) is 2. The molecule has 16 heavy (non-hydrogen) atoms. The van der Waals surface area contributed by atoms with E-state index in [1.807, 2.05) is 0 Å². The number of rotatable bonds is 10. The Balaban J connectivity index is 3.59. The summed E-state index contributed by atoms with van der Waals surface area (Å²) in [7, 11) is 0. The molecule has 0 bridgehead atoms. The molecule has 0 spiro atoms. The number of carbonyl (C=O) groups is 1. The summed E-state index contributed by atoms with van der Waals surface area (Å²) in [6.45, 7) is 9.05. The Labute approximate surface area is 102 Å². The standard InChI is InChI=1S/C15H30O/c1-5-7-10-14(16)11-9-13-15(3,4)12-8-6-2/h5-13H2,1-4H3. The summed E-state index contributed by atoms with van der Waals surface area (Å²) >= 11 is 0. The molecule has 0 amide bonds. The second-order valence-corrected chi connectivity index (χ2v) is 5.76. The maximum Gasteiger partial charge on any atom is 0.132 e. The molecule has 0 aromatic carbocycles. The zero-order valence-electron chi connectivity index (χ0n) is 11.8. The molecule has 0 N–H and O–H groups in total. The van der Waals surface area contributed by atoms with Crippen LogP contribution in [0.1, 0.15) is 85.5 Å². The van der Waals surface area contributed by atoms with Crippen LogP contribution in [0.25, 0.3) is 0 Å². The molecule has 0 radical (unpaired) electrons. The van der Waals surface area contributed by atoms with Gasteiger partial charge < -0.3 is 0 Å². The Kier molecular flexibility index (Phi) is 8.60. The monoisotopic (exact) mass is 226 g/mol. The lowest BCUT2D eigenvalue weighted by molar-refractivity contribution is -0.119. The Morgan fingerprint density at radius 3 is 1.94 bits per heavy atom. The van der Waals surface area contributed by atoms with E-state index in [9.17, 15) is 4.79 Å². The lowest BCUT2D eigenvalue weighted by Gasteiger charge is -2.24. The van der Waals surface area contributed by atoms with Gasteiger partial charge in [0.1, 0.15) is 5.78 Å². The van der Waals surface area contributed by atoms with Gasteiger partial charge >= 0.3 is 0 Å². The van der Waals surface area contributed by atoms with Crippen molar-refractivity contribution in [1.29, 1.82) is 0 Å². The van der Waals surface area contributed by atoms with Crippen LogP contribution in [0.3, 0.4) is 0 Å². The maximum atomic E-state index is 11.5. The highest BCUT2D eigenvalue weighted by molar-refractivity contribution is 5.78. The van der Waals surface area contributed by atoms with Gasteiger partial charge in [-0.1, -0.05) is 47.0 Å². The van der Waals surface area contributed by atoms with Gasteiger partial charge in [0.15, 0.2) is 0 Å². The van der Waals surface area contributed by atoms with Gasteiger partial charge in [-0.25, -0.2) is 0 Å². The maximum absolute atomic E-state index is 11.5. The van der Waals surface area contributed by atoms with Gasteiger partial charge in [0.05, 0.1) is 0 Å². The fourth-order valence-corrected chi connectivity index (χ4v) is 2.04. The first-order chi connectivity index (χ1) is 7.52. The molecule has 0 fully saturated rings. The summed E-state index contributed by atoms with van der Waals surface area (Å²) in [6.07, 6.45) is 9.97. The molecule has 0 aromatic rings. The first-order valence-corrected chi connectivity index (χ1v) is 7.03. The molecule has 1 heteroatoms. The minimum absolute atomic E-state index is 0.432. The molecule has 0 aliphatic carbocycles. The van der Waals surface area contributed by atoms with Crippen LogP contribution in [0.5, 0.6) is 0 Å². The van der Waals surface area contributed by atoms with E-state index in [0.29, 0.717) is 11.2 Å². The van der Waals surface area contributed by atoms with Crippen molar-refractivity contribution in [3.63, 3.8) is 0 Å². The van der Waals surface area contributed by atoms with Crippen LogP contribution >= 0.6 is 0 Å². The molecular formula is C15H30O. The molecule has 0 aliphatic rings. The summed E-state index contributed by atoms with van der Waals surface area (Å²) in [5.74, 6) is 0.466. The largest absolute Gasteiger partial charge is 0.300 e. The van der Waals surface area contributed by atoms with Crippen molar-refractivity contribution in [3.05, 3.63) is 0 Å². The van der Waals surface area contributed by atoms with Gasteiger partial charge in [0.25, 0.3) is 0 Å². The van der Waals surface area contributed by atoms with E-state index in [-0.39, 0.29) is 0 Å².